The molecule has 116 valence electrons. The molecule has 0 aliphatic carbocycles. The summed E-state index contributed by atoms with van der Waals surface area (Å²) in [5.41, 5.74) is 2.88. The molecule has 23 heavy (non-hydrogen) atoms. The molecule has 3 heterocycles. The van der Waals surface area contributed by atoms with Crippen LogP contribution < -0.4 is 10.2 Å². The van der Waals surface area contributed by atoms with Crippen molar-refractivity contribution in [2.75, 3.05) is 24.5 Å². The Morgan fingerprint density at radius 1 is 1.09 bits per heavy atom. The Kier molecular flexibility index (Phi) is 3.63. The van der Waals surface area contributed by atoms with Crippen LogP contribution in [0.3, 0.4) is 0 Å². The van der Waals surface area contributed by atoms with E-state index in [-0.39, 0.29) is 0 Å². The second kappa shape index (κ2) is 5.93. The van der Waals surface area contributed by atoms with Gasteiger partial charge in [-0.25, -0.2) is 0 Å². The van der Waals surface area contributed by atoms with Gasteiger partial charge in [-0.1, -0.05) is 30.3 Å². The lowest BCUT2D eigenvalue weighted by Crippen LogP contribution is -2.50. The summed E-state index contributed by atoms with van der Waals surface area (Å²) in [4.78, 5) is 6.91. The Morgan fingerprint density at radius 3 is 2.78 bits per heavy atom. The van der Waals surface area contributed by atoms with Gasteiger partial charge < -0.3 is 10.2 Å². The van der Waals surface area contributed by atoms with Gasteiger partial charge in [0.25, 0.3) is 0 Å². The lowest BCUT2D eigenvalue weighted by atomic mass is 10.1. The molecule has 0 radical (unpaired) electrons. The smallest absolute Gasteiger partial charge is 0.178 e. The van der Waals surface area contributed by atoms with Crippen molar-refractivity contribution in [1.29, 1.82) is 0 Å². The molecule has 0 bridgehead atoms. The molecule has 1 N–H and O–H groups in total. The third-order valence-corrected chi connectivity index (χ3v) is 4.34. The van der Waals surface area contributed by atoms with Crippen LogP contribution in [-0.4, -0.2) is 40.9 Å². The van der Waals surface area contributed by atoms with Gasteiger partial charge in [-0.2, -0.15) is 0 Å². The zero-order valence-corrected chi connectivity index (χ0v) is 13.1. The number of benzene rings is 1. The number of hydrogen-bond acceptors (Lipinski definition) is 5. The van der Waals surface area contributed by atoms with Gasteiger partial charge in [-0.3, -0.25) is 4.98 Å². The van der Waals surface area contributed by atoms with Crippen LogP contribution in [0.15, 0.2) is 48.7 Å². The van der Waals surface area contributed by atoms with E-state index in [4.69, 9.17) is 0 Å². The number of pyridine rings is 1. The van der Waals surface area contributed by atoms with Gasteiger partial charge in [0, 0.05) is 42.8 Å². The first kappa shape index (κ1) is 14.1. The molecule has 3 aromatic rings. The SMILES string of the molecule is CC1CNCCN1c1nnc(-c2ccccc2)c2cccnc12. The van der Waals surface area contributed by atoms with Crippen LogP contribution in [-0.2, 0) is 0 Å². The molecule has 0 saturated carbocycles. The van der Waals surface area contributed by atoms with E-state index < -0.39 is 0 Å². The van der Waals surface area contributed by atoms with Gasteiger partial charge in [0.2, 0.25) is 0 Å². The number of nitrogens with one attached hydrogen (secondary N) is 1. The zero-order chi connectivity index (χ0) is 15.6. The van der Waals surface area contributed by atoms with E-state index >= 15 is 0 Å². The van der Waals surface area contributed by atoms with E-state index in [1.165, 1.54) is 0 Å². The maximum Gasteiger partial charge on any atom is 0.178 e. The number of piperazine rings is 1. The Balaban J connectivity index is 1.89. The van der Waals surface area contributed by atoms with Crippen molar-refractivity contribution in [2.24, 2.45) is 0 Å². The molecule has 1 fully saturated rings. The topological polar surface area (TPSA) is 53.9 Å². The minimum Gasteiger partial charge on any atom is -0.348 e. The highest BCUT2D eigenvalue weighted by Gasteiger charge is 2.23. The fourth-order valence-electron chi connectivity index (χ4n) is 3.13. The van der Waals surface area contributed by atoms with E-state index in [0.29, 0.717) is 6.04 Å². The molecule has 1 aromatic carbocycles. The van der Waals surface area contributed by atoms with Crippen LogP contribution in [0.2, 0.25) is 0 Å². The number of hydrogen-bond donors (Lipinski definition) is 1. The number of rotatable bonds is 2. The average Bonchev–Trinajstić information content (AvgIpc) is 2.62. The van der Waals surface area contributed by atoms with Crippen LogP contribution in [0.1, 0.15) is 6.92 Å². The van der Waals surface area contributed by atoms with E-state index in [9.17, 15) is 0 Å². The first-order valence-corrected chi connectivity index (χ1v) is 7.99. The summed E-state index contributed by atoms with van der Waals surface area (Å²) in [5, 5.41) is 13.5. The molecule has 4 rings (SSSR count). The monoisotopic (exact) mass is 305 g/mol. The highest BCUT2D eigenvalue weighted by Crippen LogP contribution is 2.30. The van der Waals surface area contributed by atoms with Crippen molar-refractivity contribution in [3.8, 4) is 11.3 Å². The summed E-state index contributed by atoms with van der Waals surface area (Å²) in [6.45, 7) is 5.04. The second-order valence-electron chi connectivity index (χ2n) is 5.88. The normalized spacial score (nSPS) is 18.3. The van der Waals surface area contributed by atoms with Crippen LogP contribution in [0, 0.1) is 0 Å². The quantitative estimate of drug-likeness (QED) is 0.788. The Hall–Kier alpha value is -2.53. The van der Waals surface area contributed by atoms with Crippen molar-refractivity contribution in [3.63, 3.8) is 0 Å². The summed E-state index contributed by atoms with van der Waals surface area (Å²) in [6.07, 6.45) is 1.83. The molecule has 5 nitrogen and oxygen atoms in total. The summed E-state index contributed by atoms with van der Waals surface area (Å²) in [5.74, 6) is 0.884. The molecule has 1 atom stereocenters. The fraction of sp³-hybridized carbons (Fsp3) is 0.278. The predicted molar refractivity (Wildman–Crippen MR) is 92.4 cm³/mol. The summed E-state index contributed by atoms with van der Waals surface area (Å²) in [6, 6.07) is 14.6. The first-order chi connectivity index (χ1) is 11.3. The molecule has 1 aliphatic heterocycles. The maximum atomic E-state index is 4.61. The predicted octanol–water partition coefficient (Wildman–Crippen LogP) is 2.49. The zero-order valence-electron chi connectivity index (χ0n) is 13.1. The molecular formula is C18H19N5. The lowest BCUT2D eigenvalue weighted by molar-refractivity contribution is 0.497. The molecule has 1 saturated heterocycles. The van der Waals surface area contributed by atoms with Crippen molar-refractivity contribution in [2.45, 2.75) is 13.0 Å². The van der Waals surface area contributed by atoms with Crippen molar-refractivity contribution < 1.29 is 0 Å². The minimum atomic E-state index is 0.380. The largest absolute Gasteiger partial charge is 0.348 e. The lowest BCUT2D eigenvalue weighted by Gasteiger charge is -2.34. The second-order valence-corrected chi connectivity index (χ2v) is 5.88. The van der Waals surface area contributed by atoms with Crippen LogP contribution in [0.4, 0.5) is 5.82 Å². The standard InChI is InChI=1S/C18H19N5/c1-13-12-19-10-11-23(13)18-17-15(8-5-9-20-17)16(21-22-18)14-6-3-2-4-7-14/h2-9,13,19H,10-12H2,1H3. The third kappa shape index (κ3) is 2.53. The number of fused-ring (bicyclic) bond motifs is 1. The van der Waals surface area contributed by atoms with E-state index in [2.05, 4.69) is 50.5 Å². The van der Waals surface area contributed by atoms with Gasteiger partial charge in [0.05, 0.1) is 0 Å². The van der Waals surface area contributed by atoms with Crippen LogP contribution in [0.5, 0.6) is 0 Å². The van der Waals surface area contributed by atoms with Gasteiger partial charge in [0.15, 0.2) is 5.82 Å². The molecule has 1 unspecified atom stereocenters. The van der Waals surface area contributed by atoms with Crippen LogP contribution in [0.25, 0.3) is 22.2 Å². The molecule has 5 heteroatoms. The van der Waals surface area contributed by atoms with E-state index in [1.54, 1.807) is 0 Å². The van der Waals surface area contributed by atoms with Crippen molar-refractivity contribution in [3.05, 3.63) is 48.7 Å². The molecular weight excluding hydrogens is 286 g/mol. The molecule has 0 amide bonds. The van der Waals surface area contributed by atoms with Crippen molar-refractivity contribution >= 4 is 16.7 Å². The molecule has 2 aromatic heterocycles. The minimum absolute atomic E-state index is 0.380. The van der Waals surface area contributed by atoms with E-state index in [0.717, 1.165) is 47.6 Å². The summed E-state index contributed by atoms with van der Waals surface area (Å²) < 4.78 is 0. The maximum absolute atomic E-state index is 4.61. The van der Waals surface area contributed by atoms with Gasteiger partial charge >= 0.3 is 0 Å². The Labute approximate surface area is 135 Å². The highest BCUT2D eigenvalue weighted by atomic mass is 15.3. The third-order valence-electron chi connectivity index (χ3n) is 4.34. The van der Waals surface area contributed by atoms with Gasteiger partial charge in [0.1, 0.15) is 11.2 Å². The highest BCUT2D eigenvalue weighted by molar-refractivity contribution is 5.97. The molecule has 0 spiro atoms. The Bertz CT molecular complexity index is 818. The van der Waals surface area contributed by atoms with E-state index in [1.807, 2.05) is 30.5 Å². The first-order valence-electron chi connectivity index (χ1n) is 7.99. The molecule has 1 aliphatic rings. The number of aromatic nitrogens is 3. The summed E-state index contributed by atoms with van der Waals surface area (Å²) >= 11 is 0. The fourth-order valence-corrected chi connectivity index (χ4v) is 3.13. The van der Waals surface area contributed by atoms with Crippen molar-refractivity contribution in [1.82, 2.24) is 20.5 Å². The van der Waals surface area contributed by atoms with Crippen LogP contribution >= 0.6 is 0 Å². The summed E-state index contributed by atoms with van der Waals surface area (Å²) in [7, 11) is 0. The Morgan fingerprint density at radius 2 is 1.96 bits per heavy atom. The number of anilines is 1. The number of nitrogens with zero attached hydrogens (tertiary/aromatic N) is 4. The van der Waals surface area contributed by atoms with Gasteiger partial charge in [-0.15, -0.1) is 10.2 Å². The average molecular weight is 305 g/mol. The van der Waals surface area contributed by atoms with Gasteiger partial charge in [-0.05, 0) is 19.1 Å².